The van der Waals surface area contributed by atoms with Crippen LogP contribution < -0.4 is 10.6 Å². The Bertz CT molecular complexity index is 656. The van der Waals surface area contributed by atoms with Crippen molar-refractivity contribution in [2.45, 2.75) is 58.8 Å². The molecule has 2 N–H and O–H groups in total. The molecule has 0 aromatic heterocycles. The van der Waals surface area contributed by atoms with Crippen LogP contribution in [0.4, 0.5) is 0 Å². The average molecular weight is 329 g/mol. The molecule has 5 heteroatoms. The molecule has 0 bridgehead atoms. The monoisotopic (exact) mass is 329 g/mol. The van der Waals surface area contributed by atoms with Gasteiger partial charge in [-0.05, 0) is 37.3 Å². The molecule has 2 aliphatic heterocycles. The Morgan fingerprint density at radius 3 is 2.75 bits per heavy atom. The lowest BCUT2D eigenvalue weighted by Crippen LogP contribution is -2.62. The normalized spacial score (nSPS) is 26.7. The molecule has 2 saturated heterocycles. The maximum absolute atomic E-state index is 12.6. The predicted molar refractivity (Wildman–Crippen MR) is 93.4 cm³/mol. The van der Waals surface area contributed by atoms with Crippen molar-refractivity contribution in [3.8, 4) is 0 Å². The smallest absolute Gasteiger partial charge is 0.246 e. The number of hydrogen-bond donors (Lipinski definition) is 2. The van der Waals surface area contributed by atoms with Crippen LogP contribution in [-0.4, -0.2) is 41.4 Å². The van der Waals surface area contributed by atoms with Gasteiger partial charge in [-0.25, -0.2) is 0 Å². The van der Waals surface area contributed by atoms with Crippen molar-refractivity contribution in [3.05, 3.63) is 34.9 Å². The minimum atomic E-state index is -0.383. The Kier molecular flexibility index (Phi) is 4.63. The molecule has 3 atom stereocenters. The number of rotatable bonds is 4. The Balaban J connectivity index is 1.65. The van der Waals surface area contributed by atoms with Crippen LogP contribution in [0.2, 0.25) is 0 Å². The van der Waals surface area contributed by atoms with Crippen LogP contribution in [0.25, 0.3) is 0 Å². The van der Waals surface area contributed by atoms with E-state index >= 15 is 0 Å². The first-order valence-electron chi connectivity index (χ1n) is 8.77. The molecule has 1 aromatic carbocycles. The summed E-state index contributed by atoms with van der Waals surface area (Å²) in [5.41, 5.74) is 3.78. The fourth-order valence-corrected chi connectivity index (χ4v) is 3.66. The molecule has 0 saturated carbocycles. The molecular weight excluding hydrogens is 302 g/mol. The van der Waals surface area contributed by atoms with E-state index in [1.54, 1.807) is 4.90 Å². The van der Waals surface area contributed by atoms with Gasteiger partial charge >= 0.3 is 0 Å². The number of nitrogens with one attached hydrogen (secondary N) is 2. The van der Waals surface area contributed by atoms with E-state index in [0.717, 1.165) is 6.54 Å². The van der Waals surface area contributed by atoms with E-state index in [9.17, 15) is 9.59 Å². The van der Waals surface area contributed by atoms with E-state index in [4.69, 9.17) is 0 Å². The van der Waals surface area contributed by atoms with Crippen LogP contribution in [0.15, 0.2) is 18.2 Å². The quantitative estimate of drug-likeness (QED) is 0.880. The van der Waals surface area contributed by atoms with Crippen molar-refractivity contribution in [2.75, 3.05) is 6.54 Å². The molecule has 2 amide bonds. The minimum Gasteiger partial charge on any atom is -0.342 e. The first-order valence-corrected chi connectivity index (χ1v) is 8.77. The SMILES string of the molecule is Cc1ccc(C)c(CN[C@H]2C[C@H]3C(=O)N[C@@H](C(C)C)C(=O)N3C2)c1. The number of benzene rings is 1. The van der Waals surface area contributed by atoms with Gasteiger partial charge in [-0.1, -0.05) is 37.6 Å². The summed E-state index contributed by atoms with van der Waals surface area (Å²) in [6.07, 6.45) is 0.688. The molecule has 130 valence electrons. The molecule has 24 heavy (non-hydrogen) atoms. The van der Waals surface area contributed by atoms with Crippen molar-refractivity contribution in [3.63, 3.8) is 0 Å². The second-order valence-electron chi connectivity index (χ2n) is 7.48. The number of carbonyl (C=O) groups is 2. The highest BCUT2D eigenvalue weighted by Gasteiger charge is 2.46. The van der Waals surface area contributed by atoms with Gasteiger partial charge in [0.25, 0.3) is 0 Å². The van der Waals surface area contributed by atoms with Crippen molar-refractivity contribution >= 4 is 11.8 Å². The lowest BCUT2D eigenvalue weighted by Gasteiger charge is -2.36. The zero-order valence-corrected chi connectivity index (χ0v) is 14.9. The van der Waals surface area contributed by atoms with Gasteiger partial charge in [0.1, 0.15) is 12.1 Å². The van der Waals surface area contributed by atoms with E-state index in [1.807, 2.05) is 13.8 Å². The highest BCUT2D eigenvalue weighted by Crippen LogP contribution is 2.25. The summed E-state index contributed by atoms with van der Waals surface area (Å²) < 4.78 is 0. The van der Waals surface area contributed by atoms with Gasteiger partial charge in [-0.15, -0.1) is 0 Å². The number of hydrogen-bond acceptors (Lipinski definition) is 3. The first kappa shape index (κ1) is 17.0. The second-order valence-corrected chi connectivity index (χ2v) is 7.48. The average Bonchev–Trinajstić information content (AvgIpc) is 2.96. The number of aryl methyl sites for hydroxylation is 2. The zero-order valence-electron chi connectivity index (χ0n) is 14.9. The second kappa shape index (κ2) is 6.55. The molecule has 0 radical (unpaired) electrons. The molecule has 0 unspecified atom stereocenters. The maximum Gasteiger partial charge on any atom is 0.246 e. The highest BCUT2D eigenvalue weighted by atomic mass is 16.2. The summed E-state index contributed by atoms with van der Waals surface area (Å²) in [5.74, 6) is 0.166. The summed E-state index contributed by atoms with van der Waals surface area (Å²) >= 11 is 0. The molecule has 1 aromatic rings. The predicted octanol–water partition coefficient (Wildman–Crippen LogP) is 1.52. The third kappa shape index (κ3) is 3.18. The summed E-state index contributed by atoms with van der Waals surface area (Å²) in [6, 6.07) is 5.90. The molecule has 2 fully saturated rings. The minimum absolute atomic E-state index is 0.00987. The van der Waals surface area contributed by atoms with Crippen molar-refractivity contribution < 1.29 is 9.59 Å². The summed E-state index contributed by atoms with van der Waals surface area (Å²) in [5, 5.41) is 6.42. The Labute approximate surface area is 143 Å². The highest BCUT2D eigenvalue weighted by molar-refractivity contribution is 5.97. The van der Waals surface area contributed by atoms with Gasteiger partial charge in [0.15, 0.2) is 0 Å². The van der Waals surface area contributed by atoms with E-state index in [0.29, 0.717) is 13.0 Å². The third-order valence-corrected chi connectivity index (χ3v) is 5.20. The molecular formula is C19H27N3O2. The Morgan fingerprint density at radius 1 is 1.29 bits per heavy atom. The lowest BCUT2D eigenvalue weighted by atomic mass is 9.98. The standard InChI is InChI=1S/C19H27N3O2/c1-11(2)17-19(24)22-10-15(8-16(22)18(23)21-17)20-9-14-7-12(3)5-6-13(14)4/h5-7,11,15-17,20H,8-10H2,1-4H3,(H,21,23)/t15-,16-,17-/m0/s1. The largest absolute Gasteiger partial charge is 0.342 e. The summed E-state index contributed by atoms with van der Waals surface area (Å²) in [6.45, 7) is 9.52. The molecule has 0 spiro atoms. The van der Waals surface area contributed by atoms with Crippen LogP contribution in [0.3, 0.4) is 0 Å². The van der Waals surface area contributed by atoms with Crippen molar-refractivity contribution in [2.24, 2.45) is 5.92 Å². The van der Waals surface area contributed by atoms with E-state index < -0.39 is 0 Å². The van der Waals surface area contributed by atoms with Crippen molar-refractivity contribution in [1.82, 2.24) is 15.5 Å². The van der Waals surface area contributed by atoms with Gasteiger partial charge in [0.05, 0.1) is 0 Å². The van der Waals surface area contributed by atoms with Gasteiger partial charge < -0.3 is 15.5 Å². The Hall–Kier alpha value is -1.88. The molecule has 2 aliphatic rings. The molecule has 3 rings (SSSR count). The number of nitrogens with zero attached hydrogens (tertiary/aromatic N) is 1. The fraction of sp³-hybridized carbons (Fsp3) is 0.579. The van der Waals surface area contributed by atoms with Crippen LogP contribution in [0.5, 0.6) is 0 Å². The molecule has 2 heterocycles. The van der Waals surface area contributed by atoms with Gasteiger partial charge in [-0.3, -0.25) is 9.59 Å². The maximum atomic E-state index is 12.6. The third-order valence-electron chi connectivity index (χ3n) is 5.20. The molecule has 0 aliphatic carbocycles. The number of carbonyl (C=O) groups excluding carboxylic acids is 2. The van der Waals surface area contributed by atoms with E-state index in [1.165, 1.54) is 16.7 Å². The fourth-order valence-electron chi connectivity index (χ4n) is 3.66. The number of amides is 2. The van der Waals surface area contributed by atoms with Crippen LogP contribution in [0, 0.1) is 19.8 Å². The van der Waals surface area contributed by atoms with Gasteiger partial charge in [0, 0.05) is 19.1 Å². The summed E-state index contributed by atoms with van der Waals surface area (Å²) in [4.78, 5) is 26.7. The number of fused-ring (bicyclic) bond motifs is 1. The van der Waals surface area contributed by atoms with Crippen LogP contribution in [0.1, 0.15) is 37.0 Å². The number of piperazine rings is 1. The van der Waals surface area contributed by atoms with E-state index in [-0.39, 0.29) is 35.9 Å². The first-order chi connectivity index (χ1) is 11.4. The topological polar surface area (TPSA) is 61.4 Å². The van der Waals surface area contributed by atoms with Gasteiger partial charge in [-0.2, -0.15) is 0 Å². The van der Waals surface area contributed by atoms with Crippen LogP contribution >= 0.6 is 0 Å². The Morgan fingerprint density at radius 2 is 2.04 bits per heavy atom. The lowest BCUT2D eigenvalue weighted by molar-refractivity contribution is -0.148. The van der Waals surface area contributed by atoms with Crippen molar-refractivity contribution in [1.29, 1.82) is 0 Å². The van der Waals surface area contributed by atoms with E-state index in [2.05, 4.69) is 42.7 Å². The van der Waals surface area contributed by atoms with Gasteiger partial charge in [0.2, 0.25) is 11.8 Å². The molecule has 5 nitrogen and oxygen atoms in total. The summed E-state index contributed by atoms with van der Waals surface area (Å²) in [7, 11) is 0. The zero-order chi connectivity index (χ0) is 17.4. The van der Waals surface area contributed by atoms with Crippen LogP contribution in [-0.2, 0) is 16.1 Å².